The van der Waals surface area contributed by atoms with Gasteiger partial charge in [-0.25, -0.2) is 0 Å². The highest BCUT2D eigenvalue weighted by atomic mass is 16.5. The van der Waals surface area contributed by atoms with Gasteiger partial charge in [0.25, 0.3) is 11.8 Å². The SMILES string of the molecule is COc1ccc2c(c1)CCC(Cc1ccccc1)C2N(Cc1ccccc1)C(=O)CN1C(=O)c2ccccc2C1=O. The average molecular weight is 545 g/mol. The zero-order valence-electron chi connectivity index (χ0n) is 23.0. The first kappa shape index (κ1) is 26.5. The molecule has 0 aromatic heterocycles. The van der Waals surface area contributed by atoms with Crippen molar-refractivity contribution in [1.29, 1.82) is 0 Å². The van der Waals surface area contributed by atoms with Crippen molar-refractivity contribution in [1.82, 2.24) is 9.80 Å². The molecule has 0 bridgehead atoms. The number of hydrogen-bond donors (Lipinski definition) is 0. The predicted molar refractivity (Wildman–Crippen MR) is 156 cm³/mol. The van der Waals surface area contributed by atoms with Crippen LogP contribution in [0.5, 0.6) is 5.75 Å². The summed E-state index contributed by atoms with van der Waals surface area (Å²) < 4.78 is 5.52. The van der Waals surface area contributed by atoms with Gasteiger partial charge in [-0.05, 0) is 71.7 Å². The van der Waals surface area contributed by atoms with Gasteiger partial charge in [-0.1, -0.05) is 78.9 Å². The van der Waals surface area contributed by atoms with Gasteiger partial charge in [0.1, 0.15) is 12.3 Å². The van der Waals surface area contributed by atoms with Crippen molar-refractivity contribution in [2.24, 2.45) is 5.92 Å². The summed E-state index contributed by atoms with van der Waals surface area (Å²) in [6.45, 7) is 0.0590. The van der Waals surface area contributed by atoms with Crippen molar-refractivity contribution < 1.29 is 19.1 Å². The summed E-state index contributed by atoms with van der Waals surface area (Å²) in [6, 6.07) is 32.8. The predicted octanol–water partition coefficient (Wildman–Crippen LogP) is 5.87. The van der Waals surface area contributed by atoms with Gasteiger partial charge in [0.05, 0.1) is 24.3 Å². The molecule has 3 amide bonds. The molecule has 0 radical (unpaired) electrons. The first-order valence-corrected chi connectivity index (χ1v) is 14.0. The van der Waals surface area contributed by atoms with E-state index < -0.39 is 11.8 Å². The lowest BCUT2D eigenvalue weighted by molar-refractivity contribution is -0.136. The molecule has 0 saturated carbocycles. The number of hydrogen-bond acceptors (Lipinski definition) is 4. The number of carbonyl (C=O) groups is 3. The van der Waals surface area contributed by atoms with Gasteiger partial charge in [-0.2, -0.15) is 0 Å². The maximum Gasteiger partial charge on any atom is 0.262 e. The maximum absolute atomic E-state index is 14.3. The van der Waals surface area contributed by atoms with Gasteiger partial charge in [0.2, 0.25) is 5.91 Å². The van der Waals surface area contributed by atoms with Crippen LogP contribution in [-0.4, -0.2) is 41.2 Å². The Labute approximate surface area is 240 Å². The zero-order valence-corrected chi connectivity index (χ0v) is 23.0. The van der Waals surface area contributed by atoms with E-state index in [-0.39, 0.29) is 24.4 Å². The van der Waals surface area contributed by atoms with Gasteiger partial charge in [-0.15, -0.1) is 0 Å². The topological polar surface area (TPSA) is 66.9 Å². The summed E-state index contributed by atoms with van der Waals surface area (Å²) in [6.07, 6.45) is 2.58. The molecule has 41 heavy (non-hydrogen) atoms. The van der Waals surface area contributed by atoms with Gasteiger partial charge in [0.15, 0.2) is 0 Å². The van der Waals surface area contributed by atoms with Crippen LogP contribution in [0.25, 0.3) is 0 Å². The molecule has 0 spiro atoms. The summed E-state index contributed by atoms with van der Waals surface area (Å²) in [7, 11) is 1.66. The Balaban J connectivity index is 1.39. The third-order valence-electron chi connectivity index (χ3n) is 8.26. The Bertz CT molecular complexity index is 1550. The molecule has 4 aromatic carbocycles. The van der Waals surface area contributed by atoms with E-state index in [4.69, 9.17) is 4.74 Å². The van der Waals surface area contributed by atoms with E-state index in [1.165, 1.54) is 5.56 Å². The van der Waals surface area contributed by atoms with E-state index in [0.717, 1.165) is 46.6 Å². The van der Waals surface area contributed by atoms with Gasteiger partial charge >= 0.3 is 0 Å². The highest BCUT2D eigenvalue weighted by Gasteiger charge is 2.41. The van der Waals surface area contributed by atoms with E-state index in [2.05, 4.69) is 24.3 Å². The molecule has 0 saturated heterocycles. The number of rotatable bonds is 8. The lowest BCUT2D eigenvalue weighted by Crippen LogP contribution is -2.46. The average Bonchev–Trinajstić information content (AvgIpc) is 3.25. The van der Waals surface area contributed by atoms with E-state index in [1.807, 2.05) is 59.5 Å². The summed E-state index contributed by atoms with van der Waals surface area (Å²) >= 11 is 0. The van der Waals surface area contributed by atoms with Crippen LogP contribution in [0.1, 0.15) is 55.4 Å². The molecule has 0 fully saturated rings. The van der Waals surface area contributed by atoms with Gasteiger partial charge in [-0.3, -0.25) is 19.3 Å². The molecule has 6 heteroatoms. The minimum Gasteiger partial charge on any atom is -0.497 e. The smallest absolute Gasteiger partial charge is 0.262 e. The number of ether oxygens (including phenoxy) is 1. The molecule has 2 aliphatic rings. The molecule has 2 unspecified atom stereocenters. The highest BCUT2D eigenvalue weighted by molar-refractivity contribution is 6.22. The van der Waals surface area contributed by atoms with Gasteiger partial charge < -0.3 is 9.64 Å². The largest absolute Gasteiger partial charge is 0.497 e. The minimum atomic E-state index is -0.423. The first-order chi connectivity index (χ1) is 20.0. The highest BCUT2D eigenvalue weighted by Crippen LogP contribution is 2.42. The third kappa shape index (κ3) is 5.25. The molecule has 1 heterocycles. The molecular formula is C35H32N2O4. The Morgan fingerprint density at radius 1 is 0.829 bits per heavy atom. The second-order valence-corrected chi connectivity index (χ2v) is 10.7. The van der Waals surface area contributed by atoms with E-state index in [9.17, 15) is 14.4 Å². The Morgan fingerprint density at radius 2 is 1.44 bits per heavy atom. The standard InChI is InChI=1S/C35H32N2O4/c1-41-28-18-19-29-26(21-28)16-17-27(20-24-10-4-2-5-11-24)33(29)36(22-25-12-6-3-7-13-25)32(38)23-37-34(39)30-14-8-9-15-31(30)35(37)40/h2-15,18-19,21,27,33H,16-17,20,22-23H2,1H3. The maximum atomic E-state index is 14.3. The number of aryl methyl sites for hydroxylation is 1. The number of nitrogens with zero attached hydrogens (tertiary/aromatic N) is 2. The quantitative estimate of drug-likeness (QED) is 0.261. The lowest BCUT2D eigenvalue weighted by Gasteiger charge is -2.42. The van der Waals surface area contributed by atoms with Crippen LogP contribution >= 0.6 is 0 Å². The number of fused-ring (bicyclic) bond motifs is 2. The number of carbonyl (C=O) groups excluding carboxylic acids is 3. The molecular weight excluding hydrogens is 512 g/mol. The molecule has 0 N–H and O–H groups in total. The van der Waals surface area contributed by atoms with E-state index >= 15 is 0 Å². The molecule has 6 nitrogen and oxygen atoms in total. The lowest BCUT2D eigenvalue weighted by atomic mass is 9.76. The fourth-order valence-corrected chi connectivity index (χ4v) is 6.25. The van der Waals surface area contributed by atoms with Crippen molar-refractivity contribution in [2.75, 3.05) is 13.7 Å². The van der Waals surface area contributed by atoms with Crippen LogP contribution in [-0.2, 0) is 24.2 Å². The van der Waals surface area contributed by atoms with Crippen molar-refractivity contribution in [3.05, 3.63) is 137 Å². The number of imide groups is 1. The molecule has 1 aliphatic heterocycles. The molecule has 1 aliphatic carbocycles. The van der Waals surface area contributed by atoms with Crippen LogP contribution in [0.4, 0.5) is 0 Å². The number of amides is 3. The molecule has 206 valence electrons. The van der Waals surface area contributed by atoms with Crippen LogP contribution in [0.3, 0.4) is 0 Å². The summed E-state index contributed by atoms with van der Waals surface area (Å²) in [4.78, 5) is 43.7. The Morgan fingerprint density at radius 3 is 2.07 bits per heavy atom. The summed E-state index contributed by atoms with van der Waals surface area (Å²) in [5.41, 5.74) is 5.14. The molecule has 4 aromatic rings. The van der Waals surface area contributed by atoms with Crippen LogP contribution in [0.2, 0.25) is 0 Å². The number of benzene rings is 4. The third-order valence-corrected chi connectivity index (χ3v) is 8.26. The van der Waals surface area contributed by atoms with Crippen LogP contribution in [0.15, 0.2) is 103 Å². The fourth-order valence-electron chi connectivity index (χ4n) is 6.25. The monoisotopic (exact) mass is 544 g/mol. The molecule has 6 rings (SSSR count). The second-order valence-electron chi connectivity index (χ2n) is 10.7. The van der Waals surface area contributed by atoms with Crippen molar-refractivity contribution in [3.8, 4) is 5.75 Å². The van der Waals surface area contributed by atoms with Gasteiger partial charge in [0, 0.05) is 6.54 Å². The zero-order chi connectivity index (χ0) is 28.3. The minimum absolute atomic E-state index is 0.146. The van der Waals surface area contributed by atoms with Crippen LogP contribution in [0, 0.1) is 5.92 Å². The second kappa shape index (κ2) is 11.4. The van der Waals surface area contributed by atoms with E-state index in [1.54, 1.807) is 31.4 Å². The fraction of sp³-hybridized carbons (Fsp3) is 0.229. The normalized spacial score (nSPS) is 17.6. The summed E-state index contributed by atoms with van der Waals surface area (Å²) in [5, 5.41) is 0. The van der Waals surface area contributed by atoms with Crippen LogP contribution < -0.4 is 4.74 Å². The first-order valence-electron chi connectivity index (χ1n) is 14.0. The van der Waals surface area contributed by atoms with Crippen molar-refractivity contribution >= 4 is 17.7 Å². The summed E-state index contributed by atoms with van der Waals surface area (Å²) in [5.74, 6) is -0.166. The van der Waals surface area contributed by atoms with E-state index in [0.29, 0.717) is 17.7 Å². The Kier molecular flexibility index (Phi) is 7.38. The number of methoxy groups -OCH3 is 1. The Hall–Kier alpha value is -4.71. The van der Waals surface area contributed by atoms with Crippen molar-refractivity contribution in [3.63, 3.8) is 0 Å². The molecule has 2 atom stereocenters. The van der Waals surface area contributed by atoms with Crippen molar-refractivity contribution in [2.45, 2.75) is 31.8 Å².